The van der Waals surface area contributed by atoms with Gasteiger partial charge in [0.15, 0.2) is 4.33 Å². The first-order chi connectivity index (χ1) is 13.0. The van der Waals surface area contributed by atoms with E-state index >= 15 is 0 Å². The van der Waals surface area contributed by atoms with E-state index in [1.165, 1.54) is 26.4 Å². The van der Waals surface area contributed by atoms with E-state index in [9.17, 15) is 9.59 Å². The van der Waals surface area contributed by atoms with E-state index in [0.29, 0.717) is 5.75 Å². The molecule has 4 atom stereocenters. The minimum absolute atomic E-state index is 0.137. The Hall–Kier alpha value is -0.560. The predicted octanol–water partition coefficient (Wildman–Crippen LogP) is 4.65. The Morgan fingerprint density at radius 3 is 1.82 bits per heavy atom. The van der Waals surface area contributed by atoms with Crippen molar-refractivity contribution in [1.29, 1.82) is 0 Å². The number of imide groups is 1. The Kier molecular flexibility index (Phi) is 4.60. The van der Waals surface area contributed by atoms with Gasteiger partial charge in [0.1, 0.15) is 21.2 Å². The maximum Gasteiger partial charge on any atom is 0.240 e. The van der Waals surface area contributed by atoms with Crippen LogP contribution >= 0.6 is 69.6 Å². The molecule has 2 bridgehead atoms. The van der Waals surface area contributed by atoms with E-state index in [0.717, 1.165) is 4.90 Å². The molecule has 1 saturated carbocycles. The monoisotopic (exact) mass is 503 g/mol. The van der Waals surface area contributed by atoms with Crippen molar-refractivity contribution in [3.8, 4) is 11.5 Å². The Morgan fingerprint density at radius 1 is 0.893 bits per heavy atom. The molecule has 0 aromatic heterocycles. The molecule has 2 aliphatic carbocycles. The SMILES string of the molecule is COc1ccc(N2C(=O)[C@@H]3[C@H](C2=O)[C@]2(Cl)C(Cl)=C(Cl)[C@]3(Cl)C2(Cl)Cl)c(OC)c1. The fourth-order valence-electron chi connectivity index (χ4n) is 4.20. The average Bonchev–Trinajstić information content (AvgIpc) is 3.05. The van der Waals surface area contributed by atoms with Crippen molar-refractivity contribution in [3.05, 3.63) is 28.3 Å². The summed E-state index contributed by atoms with van der Waals surface area (Å²) < 4.78 is 8.50. The number of anilines is 1. The summed E-state index contributed by atoms with van der Waals surface area (Å²) in [6.45, 7) is 0. The molecule has 150 valence electrons. The molecule has 1 aromatic rings. The smallest absolute Gasteiger partial charge is 0.240 e. The van der Waals surface area contributed by atoms with Gasteiger partial charge in [-0.2, -0.15) is 0 Å². The van der Waals surface area contributed by atoms with Gasteiger partial charge in [-0.1, -0.05) is 46.4 Å². The van der Waals surface area contributed by atoms with Crippen molar-refractivity contribution < 1.29 is 19.1 Å². The normalized spacial score (nSPS) is 35.6. The number of benzene rings is 1. The maximum absolute atomic E-state index is 13.3. The van der Waals surface area contributed by atoms with E-state index in [-0.39, 0.29) is 21.5 Å². The lowest BCUT2D eigenvalue weighted by Gasteiger charge is -2.34. The fourth-order valence-corrected chi connectivity index (χ4v) is 7.13. The van der Waals surface area contributed by atoms with Crippen LogP contribution in [0.4, 0.5) is 5.69 Å². The highest BCUT2D eigenvalue weighted by Crippen LogP contribution is 2.77. The zero-order chi connectivity index (χ0) is 20.8. The number of amides is 2. The minimum Gasteiger partial charge on any atom is -0.497 e. The predicted molar refractivity (Wildman–Crippen MR) is 109 cm³/mol. The lowest BCUT2D eigenvalue weighted by atomic mass is 9.84. The van der Waals surface area contributed by atoms with Crippen LogP contribution in [0.5, 0.6) is 11.5 Å². The number of hydrogen-bond acceptors (Lipinski definition) is 4. The van der Waals surface area contributed by atoms with Crippen LogP contribution in [0, 0.1) is 11.8 Å². The van der Waals surface area contributed by atoms with Crippen molar-refractivity contribution in [2.45, 2.75) is 14.1 Å². The number of hydrogen-bond donors (Lipinski definition) is 0. The van der Waals surface area contributed by atoms with Crippen molar-refractivity contribution in [2.24, 2.45) is 11.8 Å². The second-order valence-corrected chi connectivity index (χ2v) is 9.91. The number of carbonyl (C=O) groups is 2. The Labute approximate surface area is 190 Å². The highest BCUT2D eigenvalue weighted by molar-refractivity contribution is 6.67. The highest BCUT2D eigenvalue weighted by Gasteiger charge is 2.87. The third-order valence-corrected chi connectivity index (χ3v) is 9.80. The largest absolute Gasteiger partial charge is 0.497 e. The Bertz CT molecular complexity index is 919. The number of nitrogens with zero attached hydrogens (tertiary/aromatic N) is 1. The topological polar surface area (TPSA) is 55.8 Å². The van der Waals surface area contributed by atoms with E-state index < -0.39 is 37.7 Å². The molecular weight excluding hydrogens is 495 g/mol. The first-order valence-corrected chi connectivity index (χ1v) is 10.2. The Morgan fingerprint density at radius 2 is 1.39 bits per heavy atom. The summed E-state index contributed by atoms with van der Waals surface area (Å²) in [7, 11) is 2.88. The first-order valence-electron chi connectivity index (χ1n) is 7.91. The van der Waals surface area contributed by atoms with Gasteiger partial charge in [0.25, 0.3) is 0 Å². The number of rotatable bonds is 3. The number of fused-ring (bicyclic) bond motifs is 5. The molecule has 2 fully saturated rings. The fraction of sp³-hybridized carbons (Fsp3) is 0.412. The number of carbonyl (C=O) groups excluding carboxylic acids is 2. The van der Waals surface area contributed by atoms with Crippen molar-refractivity contribution in [2.75, 3.05) is 19.1 Å². The quantitative estimate of drug-likeness (QED) is 0.443. The average molecular weight is 506 g/mol. The van der Waals surface area contributed by atoms with Gasteiger partial charge in [0, 0.05) is 6.07 Å². The number of methoxy groups -OCH3 is 2. The van der Waals surface area contributed by atoms with E-state index in [4.69, 9.17) is 79.1 Å². The summed E-state index contributed by atoms with van der Waals surface area (Å²) in [6, 6.07) is 4.64. The summed E-state index contributed by atoms with van der Waals surface area (Å²) in [4.78, 5) is 23.9. The van der Waals surface area contributed by atoms with Gasteiger partial charge in [-0.05, 0) is 12.1 Å². The molecule has 0 radical (unpaired) electrons. The zero-order valence-electron chi connectivity index (χ0n) is 14.2. The number of allylic oxidation sites excluding steroid dienone is 2. The van der Waals surface area contributed by atoms with Crippen LogP contribution in [0.3, 0.4) is 0 Å². The van der Waals surface area contributed by atoms with Crippen LogP contribution in [-0.4, -0.2) is 40.1 Å². The van der Waals surface area contributed by atoms with Gasteiger partial charge in [-0.15, -0.1) is 23.2 Å². The van der Waals surface area contributed by atoms with E-state index in [1.807, 2.05) is 0 Å². The summed E-state index contributed by atoms with van der Waals surface area (Å²) in [5, 5.41) is -0.274. The molecule has 0 unspecified atom stereocenters. The molecule has 4 rings (SSSR count). The molecule has 1 saturated heterocycles. The van der Waals surface area contributed by atoms with Crippen molar-refractivity contribution in [1.82, 2.24) is 0 Å². The van der Waals surface area contributed by atoms with E-state index in [1.54, 1.807) is 6.07 Å². The summed E-state index contributed by atoms with van der Waals surface area (Å²) in [5.41, 5.74) is 0.203. The van der Waals surface area contributed by atoms with Crippen LogP contribution in [0.25, 0.3) is 0 Å². The second kappa shape index (κ2) is 6.22. The second-order valence-electron chi connectivity index (χ2n) is 6.63. The highest BCUT2D eigenvalue weighted by atomic mass is 35.5. The zero-order valence-corrected chi connectivity index (χ0v) is 18.8. The van der Waals surface area contributed by atoms with Crippen LogP contribution in [0.1, 0.15) is 0 Å². The molecule has 0 spiro atoms. The number of ether oxygens (including phenoxy) is 2. The van der Waals surface area contributed by atoms with Gasteiger partial charge in [0.05, 0.1) is 41.8 Å². The van der Waals surface area contributed by atoms with Crippen LogP contribution in [0.2, 0.25) is 0 Å². The molecule has 11 heteroatoms. The van der Waals surface area contributed by atoms with Crippen molar-refractivity contribution >= 4 is 87.1 Å². The van der Waals surface area contributed by atoms with Gasteiger partial charge in [0.2, 0.25) is 11.8 Å². The number of halogens is 6. The third kappa shape index (κ3) is 2.03. The molecule has 1 aromatic carbocycles. The molecule has 28 heavy (non-hydrogen) atoms. The van der Waals surface area contributed by atoms with E-state index in [2.05, 4.69) is 0 Å². The lowest BCUT2D eigenvalue weighted by Crippen LogP contribution is -2.50. The molecule has 5 nitrogen and oxygen atoms in total. The van der Waals surface area contributed by atoms with Crippen molar-refractivity contribution in [3.63, 3.8) is 0 Å². The van der Waals surface area contributed by atoms with Gasteiger partial charge in [-0.25, -0.2) is 4.90 Å². The molecule has 1 aliphatic heterocycles. The molecule has 2 amide bonds. The number of alkyl halides is 4. The van der Waals surface area contributed by atoms with Gasteiger partial charge < -0.3 is 9.47 Å². The summed E-state index contributed by atoms with van der Waals surface area (Å²) in [5.74, 6) is -2.97. The van der Waals surface area contributed by atoms with Crippen LogP contribution in [-0.2, 0) is 9.59 Å². The molecule has 1 heterocycles. The summed E-state index contributed by atoms with van der Waals surface area (Å²) >= 11 is 38.9. The van der Waals surface area contributed by atoms with Gasteiger partial charge >= 0.3 is 0 Å². The first kappa shape index (κ1) is 20.7. The third-order valence-electron chi connectivity index (χ3n) is 5.54. The Balaban J connectivity index is 1.89. The lowest BCUT2D eigenvalue weighted by molar-refractivity contribution is -0.123. The van der Waals surface area contributed by atoms with Crippen LogP contribution < -0.4 is 14.4 Å². The standard InChI is InChI=1S/C17H11Cl6NO4/c1-27-6-3-4-7(8(5-6)28-2)24-13(25)9-10(14(24)26)16(21)12(19)11(18)15(9,20)17(16,22)23/h3-5,9-10H,1-2H3/t9-,10+,15-,16-/m0/s1. The van der Waals surface area contributed by atoms with Gasteiger partial charge in [-0.3, -0.25) is 9.59 Å². The van der Waals surface area contributed by atoms with Crippen LogP contribution in [0.15, 0.2) is 28.3 Å². The molecule has 0 N–H and O–H groups in total. The maximum atomic E-state index is 13.3. The molecular formula is C17H11Cl6NO4. The molecule has 3 aliphatic rings. The minimum atomic E-state index is -1.96. The summed E-state index contributed by atoms with van der Waals surface area (Å²) in [6.07, 6.45) is 0.